The lowest BCUT2D eigenvalue weighted by Crippen LogP contribution is -2.37. The van der Waals surface area contributed by atoms with Gasteiger partial charge in [-0.15, -0.1) is 0 Å². The van der Waals surface area contributed by atoms with Crippen molar-refractivity contribution in [1.29, 1.82) is 0 Å². The number of nitrogens with zero attached hydrogens (tertiary/aromatic N) is 2. The third-order valence-electron chi connectivity index (χ3n) is 22.1. The Labute approximate surface area is 546 Å². The second-order valence-corrected chi connectivity index (χ2v) is 28.6. The molecule has 2 aromatic heterocycles. The number of pyridine rings is 2. The summed E-state index contributed by atoms with van der Waals surface area (Å²) in [6.45, 7) is 9.05. The molecule has 11 rings (SSSR count). The van der Waals surface area contributed by atoms with E-state index < -0.39 is 0 Å². The normalized spacial score (nSPS) is 12.7. The van der Waals surface area contributed by atoms with Crippen molar-refractivity contribution in [3.63, 3.8) is 0 Å². The lowest BCUT2D eigenvalue weighted by Gasteiger charge is -2.28. The van der Waals surface area contributed by atoms with Gasteiger partial charge < -0.3 is 22.9 Å². The van der Waals surface area contributed by atoms with Crippen LogP contribution in [0.3, 0.4) is 0 Å². The lowest BCUT2D eigenvalue weighted by atomic mass is 9.77. The van der Waals surface area contributed by atoms with Crippen LogP contribution >= 0.6 is 0 Å². The van der Waals surface area contributed by atoms with Gasteiger partial charge in [0.2, 0.25) is 0 Å². The van der Waals surface area contributed by atoms with E-state index in [9.17, 15) is 0 Å². The van der Waals surface area contributed by atoms with Crippen molar-refractivity contribution < 1.29 is 0 Å². The van der Waals surface area contributed by atoms with Crippen molar-refractivity contribution in [3.8, 4) is 0 Å². The topological polar surface area (TPSA) is 182 Å². The average Bonchev–Trinajstić information content (AvgIpc) is 0.655. The van der Waals surface area contributed by atoms with Crippen molar-refractivity contribution in [2.45, 2.75) is 297 Å². The number of fused-ring (bicyclic) bond motifs is 6. The molecule has 0 aliphatic rings. The van der Waals surface area contributed by atoms with E-state index in [4.69, 9.17) is 22.9 Å². The molecule has 0 spiro atoms. The standard InChI is InChI=1S/C82H110N6O4/c1-5-9-13-17-21-25-29-33-37-41-53(42-38-34-30-26-22-18-14-10-6-2)87-79(89)61-49-57-55-45-47-66(84)78(86)70(55)60-52-64-68-62(80(90)88(82(64)92)54(43-39-35-31-27-23-19-15-11-7-3)44-40-36-32-28-24-20-16-12-8-4)50-58-56-46-48-65(83)77(85)69(56)59-51-63(81(87)91)67(61)75-71(57)74(60)76(68)72(58)73(59)75/h45-54H,5-44,83-86H2,1-4H3. The minimum atomic E-state index is -0.275. The minimum Gasteiger partial charge on any atom is -0.397 e. The molecule has 0 saturated carbocycles. The SMILES string of the molecule is CCCCCCCCCCCC(CCCCCCCCCCC)n1c(=O)c2cc3c4ccc(N)c(N)c4c4cc5c(=O)n(C(CCCCCCCCCCC)CCCCCCCCCCC)c(=O)c6cc7c8ccc(N)c(N)c8c8cc(c1=O)c2c1c3c4c(c65)c7c81. The van der Waals surface area contributed by atoms with E-state index in [0.717, 1.165) is 167 Å². The molecule has 92 heavy (non-hydrogen) atoms. The summed E-state index contributed by atoms with van der Waals surface area (Å²) in [5.74, 6) is 0. The Morgan fingerprint density at radius 3 is 0.739 bits per heavy atom. The van der Waals surface area contributed by atoms with Gasteiger partial charge in [0.05, 0.1) is 22.7 Å². The summed E-state index contributed by atoms with van der Waals surface area (Å²) in [5, 5.41) is 14.5. The molecule has 0 fully saturated rings. The summed E-state index contributed by atoms with van der Waals surface area (Å²) in [4.78, 5) is 64.3. The van der Waals surface area contributed by atoms with Gasteiger partial charge in [-0.05, 0) is 116 Å². The van der Waals surface area contributed by atoms with Gasteiger partial charge >= 0.3 is 0 Å². The molecule has 2 heterocycles. The van der Waals surface area contributed by atoms with E-state index in [1.54, 1.807) is 9.13 Å². The van der Waals surface area contributed by atoms with E-state index >= 15 is 19.2 Å². The molecule has 0 bridgehead atoms. The first-order chi connectivity index (χ1) is 45.0. The highest BCUT2D eigenvalue weighted by Crippen LogP contribution is 2.56. The second kappa shape index (κ2) is 31.0. The number of nitrogen functional groups attached to an aromatic ring is 4. The van der Waals surface area contributed by atoms with Crippen molar-refractivity contribution in [2.24, 2.45) is 0 Å². The molecule has 0 atom stereocenters. The molecule has 0 amide bonds. The van der Waals surface area contributed by atoms with Gasteiger partial charge in [-0.1, -0.05) is 271 Å². The van der Waals surface area contributed by atoms with Crippen molar-refractivity contribution in [2.75, 3.05) is 22.9 Å². The number of unbranched alkanes of at least 4 members (excludes halogenated alkanes) is 32. The maximum absolute atomic E-state index is 16.1. The Kier molecular flexibility index (Phi) is 22.5. The highest BCUT2D eigenvalue weighted by molar-refractivity contribution is 6.55. The van der Waals surface area contributed by atoms with E-state index in [1.165, 1.54) is 154 Å². The Bertz CT molecular complexity index is 4160. The van der Waals surface area contributed by atoms with Crippen LogP contribution in [0, 0.1) is 0 Å². The summed E-state index contributed by atoms with van der Waals surface area (Å²) in [6.07, 6.45) is 45.9. The summed E-state index contributed by atoms with van der Waals surface area (Å²) < 4.78 is 3.31. The van der Waals surface area contributed by atoms with Crippen LogP contribution in [0.5, 0.6) is 0 Å². The van der Waals surface area contributed by atoms with Crippen LogP contribution in [-0.4, -0.2) is 9.13 Å². The molecule has 10 nitrogen and oxygen atoms in total. The molecule has 0 saturated heterocycles. The first kappa shape index (κ1) is 66.8. The third-order valence-corrected chi connectivity index (χ3v) is 22.1. The van der Waals surface area contributed by atoms with Gasteiger partial charge in [-0.3, -0.25) is 28.3 Å². The van der Waals surface area contributed by atoms with Crippen LogP contribution in [0.4, 0.5) is 22.7 Å². The Morgan fingerprint density at radius 2 is 0.478 bits per heavy atom. The smallest absolute Gasteiger partial charge is 0.261 e. The molecular weight excluding hydrogens is 1130 g/mol. The highest BCUT2D eigenvalue weighted by atomic mass is 16.2. The molecular formula is C82H110N6O4. The summed E-state index contributed by atoms with van der Waals surface area (Å²) in [5.41, 5.74) is 29.0. The fourth-order valence-electron chi connectivity index (χ4n) is 17.0. The summed E-state index contributed by atoms with van der Waals surface area (Å²) in [6, 6.07) is 15.3. The molecule has 0 unspecified atom stereocenters. The van der Waals surface area contributed by atoms with Crippen molar-refractivity contribution in [3.05, 3.63) is 89.9 Å². The second-order valence-electron chi connectivity index (χ2n) is 28.6. The van der Waals surface area contributed by atoms with Crippen LogP contribution in [0.2, 0.25) is 0 Å². The van der Waals surface area contributed by atoms with E-state index in [1.807, 2.05) is 48.5 Å². The van der Waals surface area contributed by atoms with Crippen molar-refractivity contribution in [1.82, 2.24) is 9.13 Å². The fourth-order valence-corrected chi connectivity index (χ4v) is 17.0. The minimum absolute atomic E-state index is 0.259. The zero-order chi connectivity index (χ0) is 64.4. The number of hydrogen-bond donors (Lipinski definition) is 4. The van der Waals surface area contributed by atoms with Gasteiger partial charge in [-0.25, -0.2) is 0 Å². The fraction of sp³-hybridized carbons (Fsp3) is 0.561. The Morgan fingerprint density at radius 1 is 0.250 bits per heavy atom. The van der Waals surface area contributed by atoms with Gasteiger partial charge in [0.1, 0.15) is 0 Å². The highest BCUT2D eigenvalue weighted by Gasteiger charge is 2.33. The van der Waals surface area contributed by atoms with Gasteiger partial charge in [0, 0.05) is 65.9 Å². The first-order valence-electron chi connectivity index (χ1n) is 37.5. The van der Waals surface area contributed by atoms with Crippen LogP contribution in [0.25, 0.3) is 108 Å². The Balaban J connectivity index is 1.11. The van der Waals surface area contributed by atoms with E-state index in [0.29, 0.717) is 65.8 Å². The van der Waals surface area contributed by atoms with Crippen LogP contribution in [0.1, 0.15) is 297 Å². The quantitative estimate of drug-likeness (QED) is 0.0126. The van der Waals surface area contributed by atoms with Crippen LogP contribution in [-0.2, 0) is 0 Å². The van der Waals surface area contributed by atoms with Crippen LogP contribution in [0.15, 0.2) is 67.7 Å². The van der Waals surface area contributed by atoms with Crippen LogP contribution < -0.4 is 45.2 Å². The number of rotatable bonds is 42. The predicted molar refractivity (Wildman–Crippen MR) is 402 cm³/mol. The van der Waals surface area contributed by atoms with Gasteiger partial charge in [-0.2, -0.15) is 0 Å². The maximum Gasteiger partial charge on any atom is 0.261 e. The molecule has 0 radical (unpaired) electrons. The average molecular weight is 1240 g/mol. The lowest BCUT2D eigenvalue weighted by molar-refractivity contribution is 0.381. The molecule has 0 aliphatic heterocycles. The molecule has 0 aliphatic carbocycles. The third kappa shape index (κ3) is 13.1. The maximum atomic E-state index is 16.1. The summed E-state index contributed by atoms with van der Waals surface area (Å²) in [7, 11) is 0. The number of aromatic nitrogens is 2. The zero-order valence-corrected chi connectivity index (χ0v) is 56.9. The van der Waals surface area contributed by atoms with Gasteiger partial charge in [0.15, 0.2) is 0 Å². The predicted octanol–water partition coefficient (Wildman–Crippen LogP) is 22.5. The number of hydrogen-bond acceptors (Lipinski definition) is 8. The van der Waals surface area contributed by atoms with Crippen molar-refractivity contribution >= 4 is 130 Å². The van der Waals surface area contributed by atoms with E-state index in [-0.39, 0.29) is 34.3 Å². The molecule has 11 aromatic rings. The van der Waals surface area contributed by atoms with Gasteiger partial charge in [0.25, 0.3) is 22.2 Å². The first-order valence-corrected chi connectivity index (χ1v) is 37.5. The number of benzene rings is 9. The molecule has 10 heteroatoms. The largest absolute Gasteiger partial charge is 0.397 e. The molecule has 492 valence electrons. The molecule has 9 aromatic carbocycles. The Hall–Kier alpha value is -6.68. The summed E-state index contributed by atoms with van der Waals surface area (Å²) >= 11 is 0. The van der Waals surface area contributed by atoms with E-state index in [2.05, 4.69) is 27.7 Å². The molecule has 8 N–H and O–H groups in total. The monoisotopic (exact) mass is 1240 g/mol. The number of nitrogens with two attached hydrogens (primary N) is 4. The number of anilines is 4. The zero-order valence-electron chi connectivity index (χ0n) is 56.9.